The molecule has 0 saturated heterocycles. The number of anilines is 1. The van der Waals surface area contributed by atoms with E-state index in [9.17, 15) is 0 Å². The van der Waals surface area contributed by atoms with Gasteiger partial charge in [-0.2, -0.15) is 5.10 Å². The topological polar surface area (TPSA) is 66.0 Å². The van der Waals surface area contributed by atoms with E-state index in [-0.39, 0.29) is 0 Å². The van der Waals surface area contributed by atoms with Crippen molar-refractivity contribution in [2.45, 2.75) is 0 Å². The number of hydrogen-bond acceptors (Lipinski definition) is 4. The summed E-state index contributed by atoms with van der Waals surface area (Å²) in [6.07, 6.45) is 5.16. The standard InChI is InChI=1S/C13H11N5/c1-2-6-12-11(5-1)16-13(17-12)18-15-9-10-4-3-7-14-8-10/h1-9H,(H2,16,17,18)/b15-9-. The number of nitrogens with zero attached hydrogens (tertiary/aromatic N) is 3. The Bertz CT molecular complexity index is 639. The fraction of sp³-hybridized carbons (Fsp3) is 0. The molecule has 3 aromatic rings. The van der Waals surface area contributed by atoms with Crippen LogP contribution in [-0.2, 0) is 0 Å². The molecule has 2 heterocycles. The van der Waals surface area contributed by atoms with Crippen LogP contribution in [0.1, 0.15) is 5.56 Å². The SMILES string of the molecule is C(=N/Nc1nc2ccccc2[nH]1)/c1cccnc1. The average molecular weight is 237 g/mol. The zero-order valence-electron chi connectivity index (χ0n) is 9.54. The van der Waals surface area contributed by atoms with E-state index in [1.807, 2.05) is 36.4 Å². The lowest BCUT2D eigenvalue weighted by atomic mass is 10.3. The summed E-state index contributed by atoms with van der Waals surface area (Å²) in [4.78, 5) is 11.5. The highest BCUT2D eigenvalue weighted by molar-refractivity contribution is 5.80. The van der Waals surface area contributed by atoms with E-state index < -0.39 is 0 Å². The number of benzene rings is 1. The average Bonchev–Trinajstić information content (AvgIpc) is 2.82. The third-order valence-electron chi connectivity index (χ3n) is 2.46. The van der Waals surface area contributed by atoms with E-state index in [2.05, 4.69) is 25.5 Å². The molecule has 0 atom stereocenters. The van der Waals surface area contributed by atoms with E-state index in [0.29, 0.717) is 5.95 Å². The minimum absolute atomic E-state index is 0.622. The summed E-state index contributed by atoms with van der Waals surface area (Å²) < 4.78 is 0. The van der Waals surface area contributed by atoms with Crippen LogP contribution in [0.2, 0.25) is 0 Å². The first kappa shape index (κ1) is 10.5. The van der Waals surface area contributed by atoms with Crippen LogP contribution < -0.4 is 5.43 Å². The number of hydrogen-bond donors (Lipinski definition) is 2. The van der Waals surface area contributed by atoms with Crippen LogP contribution in [-0.4, -0.2) is 21.2 Å². The molecule has 1 aromatic carbocycles. The van der Waals surface area contributed by atoms with Crippen molar-refractivity contribution in [1.29, 1.82) is 0 Å². The van der Waals surface area contributed by atoms with Gasteiger partial charge in [-0.25, -0.2) is 10.4 Å². The Morgan fingerprint density at radius 2 is 2.11 bits per heavy atom. The Morgan fingerprint density at radius 3 is 2.94 bits per heavy atom. The highest BCUT2D eigenvalue weighted by Crippen LogP contribution is 2.12. The van der Waals surface area contributed by atoms with E-state index in [0.717, 1.165) is 16.6 Å². The third kappa shape index (κ3) is 2.20. The summed E-state index contributed by atoms with van der Waals surface area (Å²) in [5, 5.41) is 4.10. The van der Waals surface area contributed by atoms with Crippen molar-refractivity contribution in [3.63, 3.8) is 0 Å². The van der Waals surface area contributed by atoms with Gasteiger partial charge in [-0.15, -0.1) is 0 Å². The molecular weight excluding hydrogens is 226 g/mol. The molecule has 0 aliphatic rings. The molecule has 5 nitrogen and oxygen atoms in total. The third-order valence-corrected chi connectivity index (χ3v) is 2.46. The van der Waals surface area contributed by atoms with Crippen LogP contribution in [0.25, 0.3) is 11.0 Å². The van der Waals surface area contributed by atoms with Crippen LogP contribution in [0.4, 0.5) is 5.95 Å². The van der Waals surface area contributed by atoms with Gasteiger partial charge in [0.1, 0.15) is 0 Å². The summed E-state index contributed by atoms with van der Waals surface area (Å²) in [6, 6.07) is 11.6. The fourth-order valence-corrected chi connectivity index (χ4v) is 1.63. The van der Waals surface area contributed by atoms with Gasteiger partial charge in [-0.3, -0.25) is 4.98 Å². The van der Waals surface area contributed by atoms with E-state index in [1.165, 1.54) is 0 Å². The second kappa shape index (κ2) is 4.67. The number of aromatic nitrogens is 3. The lowest BCUT2D eigenvalue weighted by Gasteiger charge is -1.93. The zero-order chi connectivity index (χ0) is 12.2. The monoisotopic (exact) mass is 237 g/mol. The molecule has 0 saturated carbocycles. The van der Waals surface area contributed by atoms with E-state index in [1.54, 1.807) is 18.6 Å². The first-order chi connectivity index (χ1) is 8.92. The number of H-pyrrole nitrogens is 1. The number of nitrogens with one attached hydrogen (secondary N) is 2. The molecule has 3 rings (SSSR count). The van der Waals surface area contributed by atoms with Crippen LogP contribution >= 0.6 is 0 Å². The first-order valence-electron chi connectivity index (χ1n) is 5.56. The summed E-state index contributed by atoms with van der Waals surface area (Å²) >= 11 is 0. The first-order valence-corrected chi connectivity index (χ1v) is 5.56. The molecule has 88 valence electrons. The number of para-hydroxylation sites is 2. The minimum atomic E-state index is 0.622. The number of hydrazone groups is 1. The summed E-state index contributed by atoms with van der Waals surface area (Å²) in [6.45, 7) is 0. The molecule has 2 aromatic heterocycles. The van der Waals surface area contributed by atoms with Gasteiger partial charge in [0.25, 0.3) is 0 Å². The molecule has 0 amide bonds. The van der Waals surface area contributed by atoms with E-state index >= 15 is 0 Å². The predicted octanol–water partition coefficient (Wildman–Crippen LogP) is 2.40. The minimum Gasteiger partial charge on any atom is -0.323 e. The second-order valence-electron chi connectivity index (χ2n) is 3.76. The number of pyridine rings is 1. The number of aromatic amines is 1. The van der Waals surface area contributed by atoms with Gasteiger partial charge in [-0.05, 0) is 18.2 Å². The second-order valence-corrected chi connectivity index (χ2v) is 3.76. The van der Waals surface area contributed by atoms with Crippen molar-refractivity contribution in [2.24, 2.45) is 5.10 Å². The quantitative estimate of drug-likeness (QED) is 0.543. The van der Waals surface area contributed by atoms with Crippen LogP contribution in [0.3, 0.4) is 0 Å². The Labute approximate surface area is 104 Å². The van der Waals surface area contributed by atoms with Crippen molar-refractivity contribution in [1.82, 2.24) is 15.0 Å². The molecule has 2 N–H and O–H groups in total. The Hall–Kier alpha value is -2.69. The predicted molar refractivity (Wildman–Crippen MR) is 71.5 cm³/mol. The van der Waals surface area contributed by atoms with Gasteiger partial charge < -0.3 is 4.98 Å². The molecule has 0 radical (unpaired) electrons. The lowest BCUT2D eigenvalue weighted by Crippen LogP contribution is -1.92. The van der Waals surface area contributed by atoms with Crippen molar-refractivity contribution in [2.75, 3.05) is 5.43 Å². The summed E-state index contributed by atoms with van der Waals surface area (Å²) in [5.41, 5.74) is 5.69. The molecule has 0 unspecified atom stereocenters. The molecule has 0 bridgehead atoms. The van der Waals surface area contributed by atoms with E-state index in [4.69, 9.17) is 0 Å². The van der Waals surface area contributed by atoms with Gasteiger partial charge >= 0.3 is 0 Å². The van der Waals surface area contributed by atoms with Gasteiger partial charge in [0.2, 0.25) is 5.95 Å². The van der Waals surface area contributed by atoms with Gasteiger partial charge in [0, 0.05) is 18.0 Å². The Morgan fingerprint density at radius 1 is 1.17 bits per heavy atom. The van der Waals surface area contributed by atoms with Gasteiger partial charge in [0.15, 0.2) is 0 Å². The molecule has 5 heteroatoms. The fourth-order valence-electron chi connectivity index (χ4n) is 1.63. The normalized spacial score (nSPS) is 11.1. The molecule has 0 fully saturated rings. The highest BCUT2D eigenvalue weighted by Gasteiger charge is 1.98. The number of fused-ring (bicyclic) bond motifs is 1. The van der Waals surface area contributed by atoms with Crippen LogP contribution in [0, 0.1) is 0 Å². The molecule has 0 aliphatic carbocycles. The Balaban J connectivity index is 1.75. The maximum atomic E-state index is 4.35. The molecule has 0 aliphatic heterocycles. The van der Waals surface area contributed by atoms with Crippen molar-refractivity contribution in [3.05, 3.63) is 54.4 Å². The van der Waals surface area contributed by atoms with Gasteiger partial charge in [-0.1, -0.05) is 18.2 Å². The smallest absolute Gasteiger partial charge is 0.222 e. The molecule has 0 spiro atoms. The summed E-state index contributed by atoms with van der Waals surface area (Å²) in [7, 11) is 0. The van der Waals surface area contributed by atoms with Crippen molar-refractivity contribution in [3.8, 4) is 0 Å². The zero-order valence-corrected chi connectivity index (χ0v) is 9.54. The number of rotatable bonds is 3. The van der Waals surface area contributed by atoms with Crippen molar-refractivity contribution < 1.29 is 0 Å². The van der Waals surface area contributed by atoms with Crippen molar-refractivity contribution >= 4 is 23.2 Å². The molecular formula is C13H11N5. The largest absolute Gasteiger partial charge is 0.323 e. The Kier molecular flexibility index (Phi) is 2.71. The maximum Gasteiger partial charge on any atom is 0.222 e. The summed E-state index contributed by atoms with van der Waals surface area (Å²) in [5.74, 6) is 0.622. The highest BCUT2D eigenvalue weighted by atomic mass is 15.3. The van der Waals surface area contributed by atoms with Gasteiger partial charge in [0.05, 0.1) is 17.2 Å². The number of imidazole rings is 1. The maximum absolute atomic E-state index is 4.35. The van der Waals surface area contributed by atoms with Crippen LogP contribution in [0.15, 0.2) is 53.9 Å². The molecule has 18 heavy (non-hydrogen) atoms. The van der Waals surface area contributed by atoms with Crippen LogP contribution in [0.5, 0.6) is 0 Å². The lowest BCUT2D eigenvalue weighted by molar-refractivity contribution is 1.21.